The summed E-state index contributed by atoms with van der Waals surface area (Å²) in [5.74, 6) is -0.687. The van der Waals surface area contributed by atoms with E-state index < -0.39 is 10.8 Å². The molecule has 31 heavy (non-hydrogen) atoms. The summed E-state index contributed by atoms with van der Waals surface area (Å²) in [6.45, 7) is 0.340. The fourth-order valence-electron chi connectivity index (χ4n) is 2.45. The Labute approximate surface area is 185 Å². The van der Waals surface area contributed by atoms with Gasteiger partial charge in [0.05, 0.1) is 15.5 Å². The Bertz CT molecular complexity index is 1130. The maximum Gasteiger partial charge on any atom is 0.269 e. The van der Waals surface area contributed by atoms with E-state index in [2.05, 4.69) is 20.8 Å². The third-order valence-electron chi connectivity index (χ3n) is 3.97. The van der Waals surface area contributed by atoms with Crippen molar-refractivity contribution in [2.75, 3.05) is 11.9 Å². The van der Waals surface area contributed by atoms with Gasteiger partial charge in [-0.1, -0.05) is 35.1 Å². The van der Waals surface area contributed by atoms with E-state index in [9.17, 15) is 19.7 Å². The molecule has 0 saturated heterocycles. The van der Waals surface area contributed by atoms with Crippen LogP contribution in [0.1, 0.15) is 20.9 Å². The molecule has 0 aliphatic rings. The number of hydrogen-bond acceptors (Lipinski definition) is 7. The summed E-state index contributed by atoms with van der Waals surface area (Å²) in [6.07, 6.45) is 3.28. The summed E-state index contributed by atoms with van der Waals surface area (Å²) >= 11 is 7.20. The number of carbonyl (C=O) groups excluding carboxylic acids is 2. The maximum absolute atomic E-state index is 12.1. The van der Waals surface area contributed by atoms with Crippen LogP contribution in [0.2, 0.25) is 5.02 Å². The topological polar surface area (TPSA) is 127 Å². The quantitative estimate of drug-likeness (QED) is 0.301. The van der Waals surface area contributed by atoms with Gasteiger partial charge in [-0.2, -0.15) is 0 Å². The molecule has 0 radical (unpaired) electrons. The predicted octanol–water partition coefficient (Wildman–Crippen LogP) is 3.72. The van der Waals surface area contributed by atoms with E-state index in [0.29, 0.717) is 39.3 Å². The molecule has 3 rings (SSSR count). The van der Waals surface area contributed by atoms with Crippen LogP contribution in [0.5, 0.6) is 0 Å². The number of nitrogens with one attached hydrogen (secondary N) is 2. The lowest BCUT2D eigenvalue weighted by Gasteiger charge is -2.05. The molecule has 158 valence electrons. The molecule has 9 nitrogen and oxygen atoms in total. The third kappa shape index (κ3) is 6.43. The normalized spacial score (nSPS) is 10.7. The van der Waals surface area contributed by atoms with Crippen LogP contribution in [0, 0.1) is 10.1 Å². The van der Waals surface area contributed by atoms with Gasteiger partial charge in [0, 0.05) is 31.2 Å². The molecule has 0 saturated carbocycles. The van der Waals surface area contributed by atoms with Crippen molar-refractivity contribution in [3.8, 4) is 0 Å². The van der Waals surface area contributed by atoms with Crippen molar-refractivity contribution >= 4 is 51.6 Å². The van der Waals surface area contributed by atoms with Crippen LogP contribution in [0.3, 0.4) is 0 Å². The molecule has 3 aromatic rings. The second-order valence-electron chi connectivity index (χ2n) is 6.16. The molecular weight excluding hydrogens is 442 g/mol. The van der Waals surface area contributed by atoms with E-state index in [-0.39, 0.29) is 11.6 Å². The predicted molar refractivity (Wildman–Crippen MR) is 118 cm³/mol. The van der Waals surface area contributed by atoms with Crippen molar-refractivity contribution in [2.24, 2.45) is 0 Å². The maximum atomic E-state index is 12.1. The van der Waals surface area contributed by atoms with Crippen LogP contribution in [-0.2, 0) is 11.2 Å². The highest BCUT2D eigenvalue weighted by molar-refractivity contribution is 7.15. The number of hydrogen-bond donors (Lipinski definition) is 2. The van der Waals surface area contributed by atoms with E-state index in [1.54, 1.807) is 36.4 Å². The molecule has 2 aromatic carbocycles. The Balaban J connectivity index is 1.47. The molecule has 0 unspecified atom stereocenters. The minimum atomic E-state index is -0.491. The zero-order valence-corrected chi connectivity index (χ0v) is 17.5. The van der Waals surface area contributed by atoms with E-state index in [1.165, 1.54) is 35.6 Å². The minimum absolute atomic E-state index is 0.0222. The van der Waals surface area contributed by atoms with Gasteiger partial charge in [0.15, 0.2) is 0 Å². The molecule has 1 aromatic heterocycles. The fraction of sp³-hybridized carbons (Fsp3) is 0.100. The van der Waals surface area contributed by atoms with Gasteiger partial charge < -0.3 is 5.32 Å². The van der Waals surface area contributed by atoms with Gasteiger partial charge in [0.25, 0.3) is 11.6 Å². The summed E-state index contributed by atoms with van der Waals surface area (Å²) in [5.41, 5.74) is 1.02. The Morgan fingerprint density at radius 2 is 1.87 bits per heavy atom. The number of nitro groups is 1. The molecular formula is C20H16ClN5O4S. The number of rotatable bonds is 8. The summed E-state index contributed by atoms with van der Waals surface area (Å²) in [5, 5.41) is 25.3. The monoisotopic (exact) mass is 457 g/mol. The largest absolute Gasteiger partial charge is 0.352 e. The van der Waals surface area contributed by atoms with Crippen molar-refractivity contribution in [2.45, 2.75) is 6.42 Å². The summed E-state index contributed by atoms with van der Waals surface area (Å²) in [4.78, 5) is 34.3. The molecule has 0 atom stereocenters. The van der Waals surface area contributed by atoms with Crippen LogP contribution in [0.4, 0.5) is 10.8 Å². The molecule has 0 aliphatic carbocycles. The molecule has 0 spiro atoms. The lowest BCUT2D eigenvalue weighted by atomic mass is 10.2. The first kappa shape index (κ1) is 22.1. The molecule has 11 heteroatoms. The first-order valence-corrected chi connectivity index (χ1v) is 10.2. The highest BCUT2D eigenvalue weighted by Crippen LogP contribution is 2.17. The van der Waals surface area contributed by atoms with E-state index in [4.69, 9.17) is 11.6 Å². The van der Waals surface area contributed by atoms with Gasteiger partial charge in [-0.05, 0) is 35.9 Å². The van der Waals surface area contributed by atoms with Gasteiger partial charge in [0.2, 0.25) is 11.0 Å². The lowest BCUT2D eigenvalue weighted by Crippen LogP contribution is -2.25. The Kier molecular flexibility index (Phi) is 7.41. The van der Waals surface area contributed by atoms with E-state index in [0.717, 1.165) is 0 Å². The Morgan fingerprint density at radius 3 is 2.58 bits per heavy atom. The van der Waals surface area contributed by atoms with Crippen molar-refractivity contribution in [1.29, 1.82) is 0 Å². The second kappa shape index (κ2) is 10.4. The fourth-order valence-corrected chi connectivity index (χ4v) is 3.42. The first-order valence-electron chi connectivity index (χ1n) is 9.01. The van der Waals surface area contributed by atoms with Crippen LogP contribution in [0.25, 0.3) is 6.08 Å². The van der Waals surface area contributed by atoms with Crippen LogP contribution in [-0.4, -0.2) is 33.5 Å². The van der Waals surface area contributed by atoms with Crippen LogP contribution < -0.4 is 10.6 Å². The van der Waals surface area contributed by atoms with Crippen molar-refractivity contribution in [3.63, 3.8) is 0 Å². The summed E-state index contributed by atoms with van der Waals surface area (Å²) in [7, 11) is 0. The minimum Gasteiger partial charge on any atom is -0.352 e. The molecule has 1 heterocycles. The Hall–Kier alpha value is -3.63. The number of nitro benzene ring substituents is 1. The second-order valence-corrected chi connectivity index (χ2v) is 7.63. The van der Waals surface area contributed by atoms with Gasteiger partial charge in [0.1, 0.15) is 5.01 Å². The smallest absolute Gasteiger partial charge is 0.269 e. The van der Waals surface area contributed by atoms with Crippen LogP contribution >= 0.6 is 22.9 Å². The molecule has 0 aliphatic heterocycles. The van der Waals surface area contributed by atoms with Crippen molar-refractivity contribution < 1.29 is 14.5 Å². The highest BCUT2D eigenvalue weighted by Gasteiger charge is 2.10. The average Bonchev–Trinajstić information content (AvgIpc) is 3.19. The van der Waals surface area contributed by atoms with Gasteiger partial charge in [-0.25, -0.2) is 0 Å². The third-order valence-corrected chi connectivity index (χ3v) is 5.20. The number of amides is 2. The zero-order valence-electron chi connectivity index (χ0n) is 15.9. The highest BCUT2D eigenvalue weighted by atomic mass is 35.5. The SMILES string of the molecule is O=C(/C=C/c1ccc([N+](=O)[O-])cc1)Nc1nnc(CCNC(=O)c2ccccc2Cl)s1. The van der Waals surface area contributed by atoms with E-state index >= 15 is 0 Å². The van der Waals surface area contributed by atoms with Crippen molar-refractivity contribution in [1.82, 2.24) is 15.5 Å². The summed E-state index contributed by atoms with van der Waals surface area (Å²) < 4.78 is 0. The van der Waals surface area contributed by atoms with E-state index in [1.807, 2.05) is 0 Å². The van der Waals surface area contributed by atoms with Gasteiger partial charge in [-0.3, -0.25) is 25.0 Å². The van der Waals surface area contributed by atoms with Crippen LogP contribution in [0.15, 0.2) is 54.6 Å². The number of halogens is 1. The molecule has 2 N–H and O–H groups in total. The van der Waals surface area contributed by atoms with Gasteiger partial charge in [-0.15, -0.1) is 10.2 Å². The zero-order chi connectivity index (χ0) is 22.2. The lowest BCUT2D eigenvalue weighted by molar-refractivity contribution is -0.384. The first-order chi connectivity index (χ1) is 14.9. The standard InChI is InChI=1S/C20H16ClN5O4S/c21-16-4-2-1-3-15(16)19(28)22-12-11-18-24-25-20(31-18)23-17(27)10-7-13-5-8-14(9-6-13)26(29)30/h1-10H,11-12H2,(H,22,28)(H,23,25,27)/b10-7+. The van der Waals surface area contributed by atoms with Crippen molar-refractivity contribution in [3.05, 3.63) is 85.9 Å². The summed E-state index contributed by atoms with van der Waals surface area (Å²) in [6, 6.07) is 12.6. The number of carbonyl (C=O) groups is 2. The number of benzene rings is 2. The number of anilines is 1. The number of non-ortho nitro benzene ring substituents is 1. The Morgan fingerprint density at radius 1 is 1.13 bits per heavy atom. The number of aromatic nitrogens is 2. The molecule has 0 bridgehead atoms. The average molecular weight is 458 g/mol. The van der Waals surface area contributed by atoms with Gasteiger partial charge >= 0.3 is 0 Å². The number of nitrogens with zero attached hydrogens (tertiary/aromatic N) is 3. The molecule has 2 amide bonds. The molecule has 0 fully saturated rings.